The molecule has 0 unspecified atom stereocenters. The number of nitrogens with zero attached hydrogens (tertiary/aromatic N) is 4. The molecule has 7 nitrogen and oxygen atoms in total. The molecule has 0 atom stereocenters. The van der Waals surface area contributed by atoms with Gasteiger partial charge in [-0.05, 0) is 55.0 Å². The summed E-state index contributed by atoms with van der Waals surface area (Å²) in [5.74, 6) is 1.66. The van der Waals surface area contributed by atoms with Crippen LogP contribution in [0, 0.1) is 11.3 Å². The summed E-state index contributed by atoms with van der Waals surface area (Å²) in [5, 5.41) is 14.3. The first-order chi connectivity index (χ1) is 17.7. The zero-order valence-electron chi connectivity index (χ0n) is 21.2. The van der Waals surface area contributed by atoms with E-state index in [-0.39, 0.29) is 12.2 Å². The van der Waals surface area contributed by atoms with Crippen molar-refractivity contribution < 1.29 is 9.47 Å². The van der Waals surface area contributed by atoms with Crippen molar-refractivity contribution in [3.8, 4) is 17.6 Å². The Bertz CT molecular complexity index is 1580. The van der Waals surface area contributed by atoms with Crippen LogP contribution in [0.1, 0.15) is 50.2 Å². The minimum atomic E-state index is -0.411. The van der Waals surface area contributed by atoms with Crippen molar-refractivity contribution in [1.82, 2.24) is 9.66 Å². The number of ether oxygens (including phenoxy) is 2. The molecule has 4 aromatic rings. The molecule has 1 aromatic heterocycles. The number of nitriles is 1. The number of rotatable bonds is 7. The minimum absolute atomic E-state index is 0.236. The van der Waals surface area contributed by atoms with Crippen LogP contribution >= 0.6 is 15.9 Å². The minimum Gasteiger partial charge on any atom is -0.490 e. The number of hydrogen-bond acceptors (Lipinski definition) is 6. The molecule has 0 spiro atoms. The van der Waals surface area contributed by atoms with Crippen LogP contribution in [-0.4, -0.2) is 22.5 Å². The molecular formula is C29H27BrN4O3. The zero-order valence-corrected chi connectivity index (χ0v) is 22.7. The predicted molar refractivity (Wildman–Crippen MR) is 148 cm³/mol. The molecule has 8 heteroatoms. The summed E-state index contributed by atoms with van der Waals surface area (Å²) in [6.07, 6.45) is 1.61. The Morgan fingerprint density at radius 2 is 1.86 bits per heavy atom. The third kappa shape index (κ3) is 5.89. The molecule has 0 saturated heterocycles. The first kappa shape index (κ1) is 26.1. The average Bonchev–Trinajstić information content (AvgIpc) is 2.87. The van der Waals surface area contributed by atoms with Crippen molar-refractivity contribution >= 4 is 33.0 Å². The molecule has 0 aliphatic carbocycles. The standard InChI is InChI=1S/C29H27BrN4O3/c1-5-36-26-14-19(10-13-25(26)37-18-21-9-7-6-8-20(21)16-31)17-32-34-27(35)23-15-22(30)11-12-24(23)33-28(34)29(2,3)4/h6-15,17H,5,18H2,1-4H3. The van der Waals surface area contributed by atoms with Gasteiger partial charge in [-0.15, -0.1) is 0 Å². The molecule has 0 aliphatic heterocycles. The molecule has 0 N–H and O–H groups in total. The van der Waals surface area contributed by atoms with Gasteiger partial charge in [-0.3, -0.25) is 4.79 Å². The monoisotopic (exact) mass is 558 g/mol. The normalized spacial score (nSPS) is 11.6. The van der Waals surface area contributed by atoms with Crippen molar-refractivity contribution in [3.63, 3.8) is 0 Å². The summed E-state index contributed by atoms with van der Waals surface area (Å²) in [6, 6.07) is 20.4. The van der Waals surface area contributed by atoms with E-state index in [0.717, 1.165) is 15.6 Å². The summed E-state index contributed by atoms with van der Waals surface area (Å²) in [5.41, 5.74) is 2.07. The number of benzene rings is 3. The van der Waals surface area contributed by atoms with Crippen molar-refractivity contribution in [2.24, 2.45) is 5.10 Å². The fourth-order valence-electron chi connectivity index (χ4n) is 3.77. The Kier molecular flexibility index (Phi) is 7.74. The zero-order chi connectivity index (χ0) is 26.6. The van der Waals surface area contributed by atoms with Gasteiger partial charge >= 0.3 is 0 Å². The first-order valence-corrected chi connectivity index (χ1v) is 12.7. The van der Waals surface area contributed by atoms with Crippen LogP contribution in [0.3, 0.4) is 0 Å². The van der Waals surface area contributed by atoms with Gasteiger partial charge in [-0.25, -0.2) is 4.98 Å². The third-order valence-electron chi connectivity index (χ3n) is 5.59. The van der Waals surface area contributed by atoms with Crippen LogP contribution in [0.15, 0.2) is 75.0 Å². The molecule has 37 heavy (non-hydrogen) atoms. The SMILES string of the molecule is CCOc1cc(C=Nn2c(C(C)(C)C)nc3ccc(Br)cc3c2=O)ccc1OCc1ccccc1C#N. The highest BCUT2D eigenvalue weighted by molar-refractivity contribution is 9.10. The Balaban J connectivity index is 1.69. The Morgan fingerprint density at radius 1 is 1.08 bits per heavy atom. The van der Waals surface area contributed by atoms with Gasteiger partial charge in [-0.2, -0.15) is 15.0 Å². The lowest BCUT2D eigenvalue weighted by atomic mass is 9.95. The molecule has 188 valence electrons. The summed E-state index contributed by atoms with van der Waals surface area (Å²) in [7, 11) is 0. The average molecular weight is 559 g/mol. The number of hydrogen-bond donors (Lipinski definition) is 0. The van der Waals surface area contributed by atoms with E-state index in [1.54, 1.807) is 24.4 Å². The molecule has 1 heterocycles. The molecule has 0 fully saturated rings. The van der Waals surface area contributed by atoms with Crippen molar-refractivity contribution in [2.75, 3.05) is 6.61 Å². The largest absolute Gasteiger partial charge is 0.490 e. The van der Waals surface area contributed by atoms with Crippen LogP contribution in [0.4, 0.5) is 0 Å². The first-order valence-electron chi connectivity index (χ1n) is 11.9. The highest BCUT2D eigenvalue weighted by atomic mass is 79.9. The fraction of sp³-hybridized carbons (Fsp3) is 0.241. The molecule has 4 rings (SSSR count). The van der Waals surface area contributed by atoms with E-state index in [1.807, 2.05) is 70.2 Å². The maximum Gasteiger partial charge on any atom is 0.282 e. The topological polar surface area (TPSA) is 89.5 Å². The lowest BCUT2D eigenvalue weighted by molar-refractivity contribution is 0.269. The quantitative estimate of drug-likeness (QED) is 0.252. The number of fused-ring (bicyclic) bond motifs is 1. The molecule has 0 bridgehead atoms. The van der Waals surface area contributed by atoms with Gasteiger partial charge in [0.25, 0.3) is 5.56 Å². The van der Waals surface area contributed by atoms with E-state index < -0.39 is 5.41 Å². The predicted octanol–water partition coefficient (Wildman–Crippen LogP) is 6.19. The van der Waals surface area contributed by atoms with Crippen molar-refractivity contribution in [1.29, 1.82) is 5.26 Å². The van der Waals surface area contributed by atoms with E-state index >= 15 is 0 Å². The van der Waals surface area contributed by atoms with E-state index in [1.165, 1.54) is 4.68 Å². The molecule has 0 saturated carbocycles. The van der Waals surface area contributed by atoms with E-state index in [4.69, 9.17) is 14.5 Å². The second kappa shape index (κ2) is 11.0. The number of aromatic nitrogens is 2. The summed E-state index contributed by atoms with van der Waals surface area (Å²) in [4.78, 5) is 18.1. The molecule has 0 amide bonds. The smallest absolute Gasteiger partial charge is 0.282 e. The highest BCUT2D eigenvalue weighted by Gasteiger charge is 2.23. The van der Waals surface area contributed by atoms with E-state index in [0.29, 0.717) is 40.4 Å². The van der Waals surface area contributed by atoms with Gasteiger partial charge in [0.15, 0.2) is 11.5 Å². The lowest BCUT2D eigenvalue weighted by Crippen LogP contribution is -2.29. The Labute approximate surface area is 224 Å². The van der Waals surface area contributed by atoms with E-state index in [2.05, 4.69) is 27.1 Å². The Hall–Kier alpha value is -3.96. The van der Waals surface area contributed by atoms with Gasteiger partial charge in [-0.1, -0.05) is 54.9 Å². The van der Waals surface area contributed by atoms with Crippen LogP contribution in [-0.2, 0) is 12.0 Å². The Morgan fingerprint density at radius 3 is 2.59 bits per heavy atom. The van der Waals surface area contributed by atoms with Crippen LogP contribution in [0.2, 0.25) is 0 Å². The maximum absolute atomic E-state index is 13.4. The van der Waals surface area contributed by atoms with Gasteiger partial charge in [0.05, 0.1) is 35.4 Å². The van der Waals surface area contributed by atoms with Gasteiger partial charge in [0.1, 0.15) is 12.4 Å². The fourth-order valence-corrected chi connectivity index (χ4v) is 4.13. The van der Waals surface area contributed by atoms with Crippen LogP contribution < -0.4 is 15.0 Å². The van der Waals surface area contributed by atoms with Crippen molar-refractivity contribution in [2.45, 2.75) is 39.7 Å². The summed E-state index contributed by atoms with van der Waals surface area (Å²) < 4.78 is 14.0. The van der Waals surface area contributed by atoms with Gasteiger partial charge < -0.3 is 9.47 Å². The van der Waals surface area contributed by atoms with Crippen LogP contribution in [0.5, 0.6) is 11.5 Å². The summed E-state index contributed by atoms with van der Waals surface area (Å²) in [6.45, 7) is 8.56. The van der Waals surface area contributed by atoms with Crippen molar-refractivity contribution in [3.05, 3.63) is 98.0 Å². The van der Waals surface area contributed by atoms with Gasteiger partial charge in [0, 0.05) is 15.5 Å². The van der Waals surface area contributed by atoms with Crippen LogP contribution in [0.25, 0.3) is 10.9 Å². The number of halogens is 1. The van der Waals surface area contributed by atoms with E-state index in [9.17, 15) is 10.1 Å². The highest BCUT2D eigenvalue weighted by Crippen LogP contribution is 2.29. The second-order valence-electron chi connectivity index (χ2n) is 9.41. The molecular weight excluding hydrogens is 532 g/mol. The third-order valence-corrected chi connectivity index (χ3v) is 6.08. The molecule has 0 radical (unpaired) electrons. The lowest BCUT2D eigenvalue weighted by Gasteiger charge is -2.21. The summed E-state index contributed by atoms with van der Waals surface area (Å²) >= 11 is 3.43. The molecule has 0 aliphatic rings. The maximum atomic E-state index is 13.4. The second-order valence-corrected chi connectivity index (χ2v) is 10.3. The molecule has 3 aromatic carbocycles. The van der Waals surface area contributed by atoms with Gasteiger partial charge in [0.2, 0.25) is 0 Å².